The molecule has 2 amide bonds. The van der Waals surface area contributed by atoms with E-state index in [1.165, 1.54) is 11.0 Å². The topological polar surface area (TPSA) is 73.3 Å². The minimum Gasteiger partial charge on any atom is -0.350 e. The van der Waals surface area contributed by atoms with Crippen LogP contribution in [0.1, 0.15) is 17.7 Å². The van der Waals surface area contributed by atoms with Gasteiger partial charge in [0.25, 0.3) is 11.8 Å². The molecule has 2 aromatic heterocycles. The number of hydrogen-bond donors (Lipinski definition) is 1. The molecule has 4 heterocycles. The highest BCUT2D eigenvalue weighted by Crippen LogP contribution is 2.42. The van der Waals surface area contributed by atoms with Crippen molar-refractivity contribution in [1.82, 2.24) is 9.13 Å². The molecule has 2 aliphatic rings. The maximum atomic E-state index is 13.8. The zero-order valence-corrected chi connectivity index (χ0v) is 19.8. The SMILES string of the molecule is Cn1cc(C2=CC(=O)N(c3c4n(c5ccccc35)CCC(CN)C4)C2=O)c2cc(Br)ccc21. The summed E-state index contributed by atoms with van der Waals surface area (Å²) in [5.74, 6) is -0.228. The van der Waals surface area contributed by atoms with E-state index in [9.17, 15) is 9.59 Å². The van der Waals surface area contributed by atoms with Crippen molar-refractivity contribution in [3.63, 3.8) is 0 Å². The van der Waals surface area contributed by atoms with Crippen LogP contribution in [0.25, 0.3) is 27.4 Å². The number of aryl methyl sites for hydroxylation is 2. The number of anilines is 1. The monoisotopic (exact) mass is 502 g/mol. The van der Waals surface area contributed by atoms with Crippen LogP contribution in [-0.4, -0.2) is 27.5 Å². The van der Waals surface area contributed by atoms with Gasteiger partial charge in [-0.2, -0.15) is 0 Å². The van der Waals surface area contributed by atoms with E-state index in [4.69, 9.17) is 5.73 Å². The summed E-state index contributed by atoms with van der Waals surface area (Å²) in [6.07, 6.45) is 5.17. The highest BCUT2D eigenvalue weighted by atomic mass is 79.9. The fourth-order valence-electron chi connectivity index (χ4n) is 5.39. The summed E-state index contributed by atoms with van der Waals surface area (Å²) >= 11 is 3.53. The molecule has 2 aliphatic heterocycles. The molecular weight excluding hydrogens is 480 g/mol. The minimum absolute atomic E-state index is 0.276. The van der Waals surface area contributed by atoms with Crippen LogP contribution in [0.2, 0.25) is 0 Å². The Morgan fingerprint density at radius 3 is 2.73 bits per heavy atom. The molecular formula is C26H23BrN4O2. The molecule has 0 spiro atoms. The number of fused-ring (bicyclic) bond motifs is 4. The Bertz CT molecular complexity index is 1510. The van der Waals surface area contributed by atoms with E-state index in [0.717, 1.165) is 56.9 Å². The number of carbonyl (C=O) groups excluding carboxylic acids is 2. The standard InChI is InChI=1S/C26H23BrN4O2/c1-29-14-20(18-11-16(27)6-7-21(18)29)19-12-24(32)31(26(19)33)25-17-4-2-3-5-22(17)30-9-8-15(13-28)10-23(25)30/h2-7,11-12,14-15H,8-10,13,28H2,1H3. The van der Waals surface area contributed by atoms with E-state index >= 15 is 0 Å². The molecule has 2 N–H and O–H groups in total. The fraction of sp³-hybridized carbons (Fsp3) is 0.231. The van der Waals surface area contributed by atoms with Crippen molar-refractivity contribution < 1.29 is 9.59 Å². The molecule has 33 heavy (non-hydrogen) atoms. The highest BCUT2D eigenvalue weighted by molar-refractivity contribution is 9.10. The number of carbonyl (C=O) groups is 2. The predicted molar refractivity (Wildman–Crippen MR) is 134 cm³/mol. The summed E-state index contributed by atoms with van der Waals surface area (Å²) in [6.45, 7) is 1.43. The average Bonchev–Trinajstić information content (AvgIpc) is 3.42. The van der Waals surface area contributed by atoms with Gasteiger partial charge in [-0.3, -0.25) is 9.59 Å². The van der Waals surface area contributed by atoms with Crippen LogP contribution in [0, 0.1) is 5.92 Å². The molecule has 2 aromatic carbocycles. The number of hydrogen-bond acceptors (Lipinski definition) is 3. The Morgan fingerprint density at radius 2 is 1.91 bits per heavy atom. The molecule has 6 nitrogen and oxygen atoms in total. The van der Waals surface area contributed by atoms with Gasteiger partial charge in [0.15, 0.2) is 0 Å². The number of aromatic nitrogens is 2. The second-order valence-electron chi connectivity index (χ2n) is 8.91. The maximum absolute atomic E-state index is 13.8. The lowest BCUT2D eigenvalue weighted by molar-refractivity contribution is -0.119. The van der Waals surface area contributed by atoms with Gasteiger partial charge in [-0.15, -0.1) is 0 Å². The summed E-state index contributed by atoms with van der Waals surface area (Å²) in [7, 11) is 1.95. The van der Waals surface area contributed by atoms with Gasteiger partial charge in [0.05, 0.1) is 16.8 Å². The summed E-state index contributed by atoms with van der Waals surface area (Å²) in [4.78, 5) is 28.5. The summed E-state index contributed by atoms with van der Waals surface area (Å²) in [5, 5.41) is 1.87. The van der Waals surface area contributed by atoms with Crippen LogP contribution < -0.4 is 10.6 Å². The lowest BCUT2D eigenvalue weighted by Gasteiger charge is -2.26. The third kappa shape index (κ3) is 2.96. The van der Waals surface area contributed by atoms with Crippen molar-refractivity contribution in [2.45, 2.75) is 19.4 Å². The number of halogens is 1. The first-order valence-electron chi connectivity index (χ1n) is 11.1. The van der Waals surface area contributed by atoms with E-state index in [1.54, 1.807) is 0 Å². The van der Waals surface area contributed by atoms with Crippen molar-refractivity contribution >= 4 is 60.8 Å². The van der Waals surface area contributed by atoms with Crippen LogP contribution in [-0.2, 0) is 29.6 Å². The first kappa shape index (κ1) is 20.4. The third-order valence-corrected chi connectivity index (χ3v) is 7.51. The van der Waals surface area contributed by atoms with Crippen LogP contribution in [0.4, 0.5) is 5.69 Å². The molecule has 166 valence electrons. The molecule has 0 saturated heterocycles. The normalized spacial score (nSPS) is 18.5. The molecule has 6 rings (SSSR count). The maximum Gasteiger partial charge on any atom is 0.266 e. The molecule has 0 fully saturated rings. The molecule has 1 unspecified atom stereocenters. The number of para-hydroxylation sites is 1. The van der Waals surface area contributed by atoms with Crippen LogP contribution in [0.15, 0.2) is 59.2 Å². The van der Waals surface area contributed by atoms with Crippen LogP contribution in [0.3, 0.4) is 0 Å². The largest absolute Gasteiger partial charge is 0.350 e. The Kier molecular flexibility index (Phi) is 4.61. The van der Waals surface area contributed by atoms with Crippen molar-refractivity contribution in [3.8, 4) is 0 Å². The van der Waals surface area contributed by atoms with Crippen LogP contribution in [0.5, 0.6) is 0 Å². The van der Waals surface area contributed by atoms with E-state index < -0.39 is 0 Å². The van der Waals surface area contributed by atoms with E-state index in [1.807, 2.05) is 54.2 Å². The van der Waals surface area contributed by atoms with Gasteiger partial charge in [-0.25, -0.2) is 4.90 Å². The number of benzene rings is 2. The Morgan fingerprint density at radius 1 is 1.09 bits per heavy atom. The fourth-order valence-corrected chi connectivity index (χ4v) is 5.75. The van der Waals surface area contributed by atoms with Gasteiger partial charge in [0, 0.05) is 57.9 Å². The summed E-state index contributed by atoms with van der Waals surface area (Å²) in [6, 6.07) is 14.0. The zero-order valence-electron chi connectivity index (χ0n) is 18.2. The first-order valence-corrected chi connectivity index (χ1v) is 11.9. The molecule has 0 bridgehead atoms. The number of imide groups is 1. The Hall–Kier alpha value is -3.16. The van der Waals surface area contributed by atoms with E-state index in [2.05, 4.69) is 26.6 Å². The molecule has 1 atom stereocenters. The molecule has 0 saturated carbocycles. The molecule has 0 radical (unpaired) electrons. The summed E-state index contributed by atoms with van der Waals surface area (Å²) in [5.41, 5.74) is 11.0. The lowest BCUT2D eigenvalue weighted by atomic mass is 9.95. The van der Waals surface area contributed by atoms with Gasteiger partial charge < -0.3 is 14.9 Å². The van der Waals surface area contributed by atoms with E-state index in [-0.39, 0.29) is 11.8 Å². The quantitative estimate of drug-likeness (QED) is 0.422. The van der Waals surface area contributed by atoms with Gasteiger partial charge >= 0.3 is 0 Å². The third-order valence-electron chi connectivity index (χ3n) is 7.01. The number of nitrogens with zero attached hydrogens (tertiary/aromatic N) is 3. The average molecular weight is 503 g/mol. The molecule has 0 aliphatic carbocycles. The van der Waals surface area contributed by atoms with Crippen molar-refractivity contribution in [2.75, 3.05) is 11.4 Å². The smallest absolute Gasteiger partial charge is 0.266 e. The predicted octanol–water partition coefficient (Wildman–Crippen LogP) is 4.37. The van der Waals surface area contributed by atoms with E-state index in [0.29, 0.717) is 23.7 Å². The number of rotatable bonds is 3. The van der Waals surface area contributed by atoms with Crippen molar-refractivity contribution in [2.24, 2.45) is 18.7 Å². The van der Waals surface area contributed by atoms with Crippen molar-refractivity contribution in [1.29, 1.82) is 0 Å². The Labute approximate surface area is 199 Å². The molecule has 7 heteroatoms. The second kappa shape index (κ2) is 7.43. The zero-order chi connectivity index (χ0) is 22.9. The van der Waals surface area contributed by atoms with Crippen molar-refractivity contribution in [3.05, 3.63) is 70.5 Å². The van der Waals surface area contributed by atoms with Gasteiger partial charge in [-0.05, 0) is 49.6 Å². The number of amides is 2. The minimum atomic E-state index is -0.295. The summed E-state index contributed by atoms with van der Waals surface area (Å²) < 4.78 is 5.17. The molecule has 4 aromatic rings. The van der Waals surface area contributed by atoms with Gasteiger partial charge in [0.1, 0.15) is 0 Å². The highest BCUT2D eigenvalue weighted by Gasteiger charge is 2.39. The number of nitrogens with two attached hydrogens (primary N) is 1. The van der Waals surface area contributed by atoms with Gasteiger partial charge in [-0.1, -0.05) is 34.1 Å². The Balaban J connectivity index is 1.51. The van der Waals surface area contributed by atoms with Crippen LogP contribution >= 0.6 is 15.9 Å². The van der Waals surface area contributed by atoms with Gasteiger partial charge in [0.2, 0.25) is 0 Å². The first-order chi connectivity index (χ1) is 16.0. The second-order valence-corrected chi connectivity index (χ2v) is 9.83. The lowest BCUT2D eigenvalue weighted by Crippen LogP contribution is -2.33.